The number of aliphatic hydroxyl groups excluding tert-OH is 2. The molecule has 2 heterocycles. The van der Waals surface area contributed by atoms with Gasteiger partial charge in [0.15, 0.2) is 0 Å². The van der Waals surface area contributed by atoms with Crippen LogP contribution in [0, 0.1) is 0 Å². The molecule has 2 rings (SSSR count). The van der Waals surface area contributed by atoms with Gasteiger partial charge in [-0.25, -0.2) is 9.59 Å². The van der Waals surface area contributed by atoms with E-state index in [1.807, 2.05) is 26.0 Å². The molecule has 0 amide bonds. The van der Waals surface area contributed by atoms with Crippen molar-refractivity contribution in [3.05, 3.63) is 23.3 Å². The van der Waals surface area contributed by atoms with Gasteiger partial charge in [-0.15, -0.1) is 0 Å². The number of hydrogen-bond donors (Lipinski definition) is 2. The van der Waals surface area contributed by atoms with Crippen LogP contribution in [0.5, 0.6) is 0 Å². The summed E-state index contributed by atoms with van der Waals surface area (Å²) in [7, 11) is 0. The van der Waals surface area contributed by atoms with Crippen LogP contribution in [-0.2, 0) is 33.3 Å². The van der Waals surface area contributed by atoms with E-state index in [0.29, 0.717) is 26.4 Å². The molecule has 2 aliphatic rings. The summed E-state index contributed by atoms with van der Waals surface area (Å²) in [6, 6.07) is 0. The normalized spacial score (nSPS) is 18.5. The molecule has 0 aromatic rings. The zero-order chi connectivity index (χ0) is 36.8. The van der Waals surface area contributed by atoms with Gasteiger partial charge in [0.25, 0.3) is 0 Å². The summed E-state index contributed by atoms with van der Waals surface area (Å²) in [4.78, 5) is 23.2. The first-order chi connectivity index (χ1) is 24.8. The van der Waals surface area contributed by atoms with Gasteiger partial charge in [-0.05, 0) is 90.2 Å². The summed E-state index contributed by atoms with van der Waals surface area (Å²) in [5.74, 6) is -0.287. The number of carbonyl (C=O) groups excluding carboxylic acids is 2. The minimum atomic E-state index is -0.184. The second kappa shape index (κ2) is 30.7. The van der Waals surface area contributed by atoms with E-state index < -0.39 is 0 Å². The maximum atomic E-state index is 11.6. The van der Waals surface area contributed by atoms with Crippen molar-refractivity contribution < 1.29 is 43.5 Å². The van der Waals surface area contributed by atoms with Crippen LogP contribution in [-0.4, -0.2) is 86.2 Å². The summed E-state index contributed by atoms with van der Waals surface area (Å²) in [6.07, 6.45) is 28.4. The third-order valence-electron chi connectivity index (χ3n) is 9.85. The molecule has 0 saturated heterocycles. The van der Waals surface area contributed by atoms with Gasteiger partial charge in [-0.3, -0.25) is 0 Å². The number of cyclic esters (lactones) is 2. The lowest BCUT2D eigenvalue weighted by molar-refractivity contribution is -0.140. The Morgan fingerprint density at radius 3 is 1.10 bits per heavy atom. The number of aliphatic hydroxyl groups is 2. The highest BCUT2D eigenvalue weighted by Crippen LogP contribution is 2.22. The standard InChI is InChI=1S/C42H74O9/c1-35-33-37(41(45)50-35)21-13-5-3-7-15-23-39(43)25-17-9-11-19-27-47-29-31-49-32-30-48-28-20-12-10-18-26-40(44)24-16-8-4-6-14-22-38-34-36(2)51-42(38)46/h33-36,39-40,43-44H,3-32H2,1-2H3/t35-,36-,39?,40?/m0/s1. The quantitative estimate of drug-likeness (QED) is 0.0483. The molecule has 0 spiro atoms. The average Bonchev–Trinajstić information content (AvgIpc) is 3.61. The molecule has 2 N–H and O–H groups in total. The van der Waals surface area contributed by atoms with Crippen molar-refractivity contribution in [2.24, 2.45) is 0 Å². The Bertz CT molecular complexity index is 875. The second-order valence-corrected chi connectivity index (χ2v) is 14.8. The Kier molecular flexibility index (Phi) is 27.3. The van der Waals surface area contributed by atoms with Crippen molar-refractivity contribution in [3.8, 4) is 0 Å². The maximum absolute atomic E-state index is 11.6. The lowest BCUT2D eigenvalue weighted by Gasteiger charge is -2.10. The van der Waals surface area contributed by atoms with E-state index in [1.54, 1.807) is 0 Å². The minimum absolute atomic E-state index is 0.0684. The summed E-state index contributed by atoms with van der Waals surface area (Å²) < 4.78 is 27.2. The fraction of sp³-hybridized carbons (Fsp3) is 0.857. The van der Waals surface area contributed by atoms with Crippen LogP contribution in [0.4, 0.5) is 0 Å². The number of carbonyl (C=O) groups is 2. The van der Waals surface area contributed by atoms with Crippen molar-refractivity contribution in [1.82, 2.24) is 0 Å². The molecule has 2 aliphatic heterocycles. The van der Waals surface area contributed by atoms with E-state index in [2.05, 4.69) is 0 Å². The number of esters is 2. The number of hydrogen-bond acceptors (Lipinski definition) is 9. The fourth-order valence-corrected chi connectivity index (χ4v) is 6.79. The van der Waals surface area contributed by atoms with Crippen molar-refractivity contribution in [2.75, 3.05) is 39.6 Å². The van der Waals surface area contributed by atoms with Gasteiger partial charge < -0.3 is 33.9 Å². The number of unbranched alkanes of at least 4 members (excludes halogenated alkanes) is 14. The Morgan fingerprint density at radius 2 is 0.765 bits per heavy atom. The molecule has 4 atom stereocenters. The van der Waals surface area contributed by atoms with E-state index in [1.165, 1.54) is 0 Å². The number of ether oxygens (including phenoxy) is 5. The summed E-state index contributed by atoms with van der Waals surface area (Å²) in [6.45, 7) is 7.74. The van der Waals surface area contributed by atoms with Crippen LogP contribution in [0.2, 0.25) is 0 Å². The van der Waals surface area contributed by atoms with E-state index in [0.717, 1.165) is 178 Å². The average molecular weight is 723 g/mol. The van der Waals surface area contributed by atoms with Crippen LogP contribution in [0.15, 0.2) is 23.3 Å². The highest BCUT2D eigenvalue weighted by atomic mass is 16.6. The maximum Gasteiger partial charge on any atom is 0.334 e. The van der Waals surface area contributed by atoms with Crippen molar-refractivity contribution >= 4 is 11.9 Å². The molecule has 9 heteroatoms. The summed E-state index contributed by atoms with van der Waals surface area (Å²) >= 11 is 0. The molecule has 0 bridgehead atoms. The Labute approximate surface area is 310 Å². The zero-order valence-corrected chi connectivity index (χ0v) is 32.4. The van der Waals surface area contributed by atoms with Gasteiger partial charge in [-0.1, -0.05) is 89.9 Å². The molecule has 0 aromatic heterocycles. The smallest absolute Gasteiger partial charge is 0.334 e. The largest absolute Gasteiger partial charge is 0.455 e. The molecular formula is C42H74O9. The SMILES string of the molecule is C[C@H]1C=C(CCCCCCCC(O)CCCCCCOCCOCCOCCCCCCC(O)CCCCCCCC2=C[C@H](C)OC2=O)C(=O)O1. The Hall–Kier alpha value is -1.78. The van der Waals surface area contributed by atoms with Crippen molar-refractivity contribution in [2.45, 2.75) is 192 Å². The monoisotopic (exact) mass is 723 g/mol. The highest BCUT2D eigenvalue weighted by molar-refractivity contribution is 5.91. The van der Waals surface area contributed by atoms with Gasteiger partial charge in [0.05, 0.1) is 38.6 Å². The van der Waals surface area contributed by atoms with Gasteiger partial charge in [0.2, 0.25) is 0 Å². The molecule has 51 heavy (non-hydrogen) atoms. The first-order valence-electron chi connectivity index (χ1n) is 20.8. The van der Waals surface area contributed by atoms with Crippen LogP contribution in [0.3, 0.4) is 0 Å². The number of rotatable bonds is 36. The molecular weight excluding hydrogens is 648 g/mol. The van der Waals surface area contributed by atoms with E-state index in [4.69, 9.17) is 23.7 Å². The summed E-state index contributed by atoms with van der Waals surface area (Å²) in [5, 5.41) is 20.5. The zero-order valence-electron chi connectivity index (χ0n) is 32.4. The highest BCUT2D eigenvalue weighted by Gasteiger charge is 2.22. The lowest BCUT2D eigenvalue weighted by atomic mass is 10.0. The predicted molar refractivity (Wildman–Crippen MR) is 203 cm³/mol. The third kappa shape index (κ3) is 25.0. The van der Waals surface area contributed by atoms with Crippen molar-refractivity contribution in [3.63, 3.8) is 0 Å². The van der Waals surface area contributed by atoms with E-state index in [-0.39, 0.29) is 36.4 Å². The van der Waals surface area contributed by atoms with E-state index >= 15 is 0 Å². The molecule has 0 aromatic carbocycles. The van der Waals surface area contributed by atoms with Gasteiger partial charge >= 0.3 is 11.9 Å². The Morgan fingerprint density at radius 1 is 0.471 bits per heavy atom. The van der Waals surface area contributed by atoms with Gasteiger partial charge in [-0.2, -0.15) is 0 Å². The molecule has 0 fully saturated rings. The van der Waals surface area contributed by atoms with Crippen molar-refractivity contribution in [1.29, 1.82) is 0 Å². The predicted octanol–water partition coefficient (Wildman–Crippen LogP) is 8.86. The summed E-state index contributed by atoms with van der Waals surface area (Å²) in [5.41, 5.74) is 1.68. The fourth-order valence-electron chi connectivity index (χ4n) is 6.79. The topological polar surface area (TPSA) is 121 Å². The molecule has 0 saturated carbocycles. The second-order valence-electron chi connectivity index (χ2n) is 14.8. The van der Waals surface area contributed by atoms with E-state index in [9.17, 15) is 19.8 Å². The first kappa shape index (κ1) is 45.4. The van der Waals surface area contributed by atoms with Crippen LogP contribution >= 0.6 is 0 Å². The first-order valence-corrected chi connectivity index (χ1v) is 20.8. The molecule has 296 valence electrons. The van der Waals surface area contributed by atoms with Gasteiger partial charge in [0, 0.05) is 24.4 Å². The molecule has 9 nitrogen and oxygen atoms in total. The van der Waals surface area contributed by atoms with Crippen LogP contribution in [0.25, 0.3) is 0 Å². The van der Waals surface area contributed by atoms with Crippen LogP contribution in [0.1, 0.15) is 168 Å². The van der Waals surface area contributed by atoms with Gasteiger partial charge in [0.1, 0.15) is 12.2 Å². The molecule has 0 aliphatic carbocycles. The van der Waals surface area contributed by atoms with Crippen LogP contribution < -0.4 is 0 Å². The molecule has 0 radical (unpaired) electrons. The third-order valence-corrected chi connectivity index (χ3v) is 9.85. The lowest BCUT2D eigenvalue weighted by Crippen LogP contribution is -2.10. The molecule has 2 unspecified atom stereocenters. The Balaban J connectivity index is 1.19. The minimum Gasteiger partial charge on any atom is -0.455 e.